The molecule has 0 aliphatic rings. The third-order valence-electron chi connectivity index (χ3n) is 4.70. The standard InChI is InChI=1S/C23H17F2N5O2/c24-19-5-3-16(9-20(19)25)12-30-14-27-11-18(23(30)32)22(31)28-7-1-2-15-4-6-21-17(8-15)10-26-13-29-21/h1-6,8-11,13-14H,7,12H2,(H,28,31). The van der Waals surface area contributed by atoms with Gasteiger partial charge in [0.05, 0.1) is 18.4 Å². The lowest BCUT2D eigenvalue weighted by Crippen LogP contribution is -2.33. The highest BCUT2D eigenvalue weighted by Crippen LogP contribution is 2.13. The highest BCUT2D eigenvalue weighted by Gasteiger charge is 2.13. The topological polar surface area (TPSA) is 89.8 Å². The van der Waals surface area contributed by atoms with Crippen LogP contribution < -0.4 is 10.9 Å². The normalized spacial score (nSPS) is 11.2. The molecule has 0 radical (unpaired) electrons. The number of carbonyl (C=O) groups excluding carboxylic acids is 1. The summed E-state index contributed by atoms with van der Waals surface area (Å²) in [5.74, 6) is -2.57. The lowest BCUT2D eigenvalue weighted by atomic mass is 10.1. The molecule has 4 rings (SSSR count). The first kappa shape index (κ1) is 21.0. The zero-order valence-corrected chi connectivity index (χ0v) is 16.7. The van der Waals surface area contributed by atoms with Gasteiger partial charge in [-0.25, -0.2) is 23.7 Å². The van der Waals surface area contributed by atoms with Crippen molar-refractivity contribution in [2.75, 3.05) is 6.54 Å². The van der Waals surface area contributed by atoms with Crippen LogP contribution >= 0.6 is 0 Å². The van der Waals surface area contributed by atoms with Gasteiger partial charge in [0.15, 0.2) is 11.6 Å². The van der Waals surface area contributed by atoms with Crippen LogP contribution in [0, 0.1) is 11.6 Å². The predicted molar refractivity (Wildman–Crippen MR) is 115 cm³/mol. The number of carbonyl (C=O) groups is 1. The molecule has 160 valence electrons. The van der Waals surface area contributed by atoms with E-state index in [9.17, 15) is 18.4 Å². The minimum Gasteiger partial charge on any atom is -0.348 e. The molecule has 4 aromatic rings. The molecule has 9 heteroatoms. The molecule has 0 bridgehead atoms. The predicted octanol–water partition coefficient (Wildman–Crippen LogP) is 2.96. The van der Waals surface area contributed by atoms with E-state index < -0.39 is 23.1 Å². The number of hydrogen-bond acceptors (Lipinski definition) is 5. The second-order valence-corrected chi connectivity index (χ2v) is 6.94. The Morgan fingerprint density at radius 3 is 2.78 bits per heavy atom. The van der Waals surface area contributed by atoms with Gasteiger partial charge in [-0.1, -0.05) is 24.3 Å². The molecular weight excluding hydrogens is 416 g/mol. The molecule has 0 aliphatic carbocycles. The Balaban J connectivity index is 1.41. The number of fused-ring (bicyclic) bond motifs is 1. The average Bonchev–Trinajstić information content (AvgIpc) is 2.80. The van der Waals surface area contributed by atoms with Crippen LogP contribution in [0.3, 0.4) is 0 Å². The zero-order chi connectivity index (χ0) is 22.5. The lowest BCUT2D eigenvalue weighted by molar-refractivity contribution is 0.0955. The number of aromatic nitrogens is 4. The first-order chi connectivity index (χ1) is 15.5. The van der Waals surface area contributed by atoms with Crippen molar-refractivity contribution in [3.8, 4) is 0 Å². The number of rotatable bonds is 6. The van der Waals surface area contributed by atoms with Crippen LogP contribution in [0.2, 0.25) is 0 Å². The lowest BCUT2D eigenvalue weighted by Gasteiger charge is -2.08. The van der Waals surface area contributed by atoms with Crippen molar-refractivity contribution in [3.63, 3.8) is 0 Å². The molecule has 7 nitrogen and oxygen atoms in total. The third-order valence-corrected chi connectivity index (χ3v) is 4.70. The molecule has 0 atom stereocenters. The largest absolute Gasteiger partial charge is 0.348 e. The molecule has 2 aromatic carbocycles. The maximum absolute atomic E-state index is 13.4. The van der Waals surface area contributed by atoms with Crippen molar-refractivity contribution in [2.24, 2.45) is 0 Å². The number of hydrogen-bond donors (Lipinski definition) is 1. The fourth-order valence-corrected chi connectivity index (χ4v) is 3.10. The molecule has 32 heavy (non-hydrogen) atoms. The van der Waals surface area contributed by atoms with Crippen LogP contribution in [-0.2, 0) is 6.54 Å². The first-order valence-electron chi connectivity index (χ1n) is 9.64. The van der Waals surface area contributed by atoms with Crippen molar-refractivity contribution in [3.05, 3.63) is 106 Å². The fraction of sp³-hybridized carbons (Fsp3) is 0.0870. The summed E-state index contributed by atoms with van der Waals surface area (Å²) in [5.41, 5.74) is 1.39. The van der Waals surface area contributed by atoms with Crippen LogP contribution in [0.5, 0.6) is 0 Å². The first-order valence-corrected chi connectivity index (χ1v) is 9.64. The molecular formula is C23H17F2N5O2. The fourth-order valence-electron chi connectivity index (χ4n) is 3.10. The summed E-state index contributed by atoms with van der Waals surface area (Å²) in [6, 6.07) is 9.03. The molecule has 0 aliphatic heterocycles. The zero-order valence-electron chi connectivity index (χ0n) is 16.7. The summed E-state index contributed by atoms with van der Waals surface area (Å²) in [6.07, 6.45) is 9.19. The summed E-state index contributed by atoms with van der Waals surface area (Å²) in [7, 11) is 0. The minimum atomic E-state index is -1.01. The molecule has 0 saturated heterocycles. The summed E-state index contributed by atoms with van der Waals surface area (Å²) < 4.78 is 27.7. The van der Waals surface area contributed by atoms with Gasteiger partial charge < -0.3 is 5.32 Å². The van der Waals surface area contributed by atoms with Crippen molar-refractivity contribution >= 4 is 22.9 Å². The number of amides is 1. The Morgan fingerprint density at radius 2 is 1.94 bits per heavy atom. The summed E-state index contributed by atoms with van der Waals surface area (Å²) in [5, 5.41) is 3.54. The van der Waals surface area contributed by atoms with E-state index in [0.29, 0.717) is 5.56 Å². The number of halogens is 2. The smallest absolute Gasteiger partial charge is 0.266 e. The summed E-state index contributed by atoms with van der Waals surface area (Å²) in [6.45, 7) is 0.148. The van der Waals surface area contributed by atoms with Gasteiger partial charge in [0.25, 0.3) is 11.5 Å². The maximum Gasteiger partial charge on any atom is 0.266 e. The van der Waals surface area contributed by atoms with Gasteiger partial charge in [-0.2, -0.15) is 0 Å². The third kappa shape index (κ3) is 4.72. The van der Waals surface area contributed by atoms with Crippen molar-refractivity contribution in [1.82, 2.24) is 24.8 Å². The molecule has 0 unspecified atom stereocenters. The van der Waals surface area contributed by atoms with Crippen molar-refractivity contribution in [1.29, 1.82) is 0 Å². The SMILES string of the molecule is O=C(NCC=Cc1ccc2ncncc2c1)c1cncn(Cc2ccc(F)c(F)c2)c1=O. The van der Waals surface area contributed by atoms with Crippen molar-refractivity contribution < 1.29 is 13.6 Å². The van der Waals surface area contributed by atoms with E-state index in [2.05, 4.69) is 20.3 Å². The van der Waals surface area contributed by atoms with Crippen molar-refractivity contribution in [2.45, 2.75) is 6.54 Å². The van der Waals surface area contributed by atoms with Gasteiger partial charge in [0.1, 0.15) is 11.9 Å². The number of nitrogens with one attached hydrogen (secondary N) is 1. The van der Waals surface area contributed by atoms with E-state index in [1.165, 1.54) is 24.9 Å². The second kappa shape index (κ2) is 9.25. The second-order valence-electron chi connectivity index (χ2n) is 6.94. The minimum absolute atomic E-state index is 0.0459. The Labute approximate surface area is 181 Å². The van der Waals surface area contributed by atoms with E-state index in [1.54, 1.807) is 12.3 Å². The number of nitrogens with zero attached hydrogens (tertiary/aromatic N) is 4. The van der Waals surface area contributed by atoms with Crippen LogP contribution in [0.15, 0.2) is 72.3 Å². The molecule has 1 amide bonds. The monoisotopic (exact) mass is 433 g/mol. The Morgan fingerprint density at radius 1 is 1.06 bits per heavy atom. The molecule has 0 fully saturated rings. The van der Waals surface area contributed by atoms with E-state index in [-0.39, 0.29) is 18.7 Å². The Bertz CT molecular complexity index is 1380. The van der Waals surface area contributed by atoms with Gasteiger partial charge in [0, 0.05) is 24.3 Å². The van der Waals surface area contributed by atoms with Gasteiger partial charge >= 0.3 is 0 Å². The van der Waals surface area contributed by atoms with E-state index >= 15 is 0 Å². The van der Waals surface area contributed by atoms with Crippen LogP contribution in [0.1, 0.15) is 21.5 Å². The highest BCUT2D eigenvalue weighted by atomic mass is 19.2. The van der Waals surface area contributed by atoms with Crippen LogP contribution in [0.4, 0.5) is 8.78 Å². The van der Waals surface area contributed by atoms with Crippen LogP contribution in [0.25, 0.3) is 17.0 Å². The molecule has 0 spiro atoms. The van der Waals surface area contributed by atoms with Gasteiger partial charge in [-0.05, 0) is 35.4 Å². The quantitative estimate of drug-likeness (QED) is 0.505. The molecule has 1 N–H and O–H groups in total. The molecule has 2 heterocycles. The van der Waals surface area contributed by atoms with E-state index in [4.69, 9.17) is 0 Å². The average molecular weight is 433 g/mol. The Kier molecular flexibility index (Phi) is 6.07. The maximum atomic E-state index is 13.4. The summed E-state index contributed by atoms with van der Waals surface area (Å²) in [4.78, 5) is 37.1. The molecule has 0 saturated carbocycles. The van der Waals surface area contributed by atoms with E-state index in [1.807, 2.05) is 24.3 Å². The Hall–Kier alpha value is -4.27. The summed E-state index contributed by atoms with van der Waals surface area (Å²) >= 11 is 0. The van der Waals surface area contributed by atoms with Gasteiger partial charge in [-0.3, -0.25) is 14.2 Å². The van der Waals surface area contributed by atoms with Gasteiger partial charge in [-0.15, -0.1) is 0 Å². The molecule has 2 aromatic heterocycles. The number of benzene rings is 2. The van der Waals surface area contributed by atoms with E-state index in [0.717, 1.165) is 33.2 Å². The highest BCUT2D eigenvalue weighted by molar-refractivity contribution is 5.93. The van der Waals surface area contributed by atoms with Crippen LogP contribution in [-0.4, -0.2) is 32.0 Å². The van der Waals surface area contributed by atoms with Gasteiger partial charge in [0.2, 0.25) is 0 Å².